The molecule has 1 aliphatic heterocycles. The number of carbonyl (C=O) groups is 1. The summed E-state index contributed by atoms with van der Waals surface area (Å²) >= 11 is 0. The van der Waals surface area contributed by atoms with Crippen LogP contribution in [0.1, 0.15) is 36.5 Å². The van der Waals surface area contributed by atoms with Crippen LogP contribution < -0.4 is 4.90 Å². The van der Waals surface area contributed by atoms with E-state index in [1.807, 2.05) is 6.92 Å². The number of hydrogen-bond donors (Lipinski definition) is 1. The van der Waals surface area contributed by atoms with Gasteiger partial charge in [0.15, 0.2) is 0 Å². The van der Waals surface area contributed by atoms with Crippen LogP contribution in [0.3, 0.4) is 0 Å². The van der Waals surface area contributed by atoms with Crippen LogP contribution in [0.2, 0.25) is 0 Å². The van der Waals surface area contributed by atoms with E-state index in [1.165, 1.54) is 16.7 Å². The summed E-state index contributed by atoms with van der Waals surface area (Å²) in [6, 6.07) is 6.68. The fraction of sp³-hybridized carbons (Fsp3) is 0.588. The summed E-state index contributed by atoms with van der Waals surface area (Å²) in [6.07, 6.45) is 1.91. The zero-order valence-electron chi connectivity index (χ0n) is 12.9. The van der Waals surface area contributed by atoms with Gasteiger partial charge in [0.1, 0.15) is 6.54 Å². The monoisotopic (exact) mass is 276 g/mol. The molecule has 1 fully saturated rings. The minimum Gasteiger partial charge on any atom is -0.466 e. The number of ether oxygens (including phenoxy) is 1. The van der Waals surface area contributed by atoms with Gasteiger partial charge in [0.25, 0.3) is 0 Å². The third-order valence-corrected chi connectivity index (χ3v) is 4.25. The molecule has 0 aliphatic carbocycles. The van der Waals surface area contributed by atoms with Crippen LogP contribution in [0, 0.1) is 19.8 Å². The molecule has 3 heteroatoms. The van der Waals surface area contributed by atoms with Crippen molar-refractivity contribution in [1.82, 2.24) is 0 Å². The van der Waals surface area contributed by atoms with Gasteiger partial charge in [-0.25, -0.2) is 0 Å². The maximum atomic E-state index is 11.7. The first kappa shape index (κ1) is 15.0. The minimum absolute atomic E-state index is 0.00179. The van der Waals surface area contributed by atoms with E-state index in [4.69, 9.17) is 4.74 Å². The second-order valence-corrected chi connectivity index (χ2v) is 5.88. The van der Waals surface area contributed by atoms with E-state index in [0.29, 0.717) is 6.61 Å². The van der Waals surface area contributed by atoms with Crippen LogP contribution in [-0.2, 0) is 16.1 Å². The number of rotatable bonds is 4. The molecule has 1 aliphatic rings. The Kier molecular flexibility index (Phi) is 5.18. The molecule has 1 aromatic rings. The predicted octanol–water partition coefficient (Wildman–Crippen LogP) is 1.66. The van der Waals surface area contributed by atoms with Gasteiger partial charge in [-0.2, -0.15) is 0 Å². The Bertz CT molecular complexity index is 462. The van der Waals surface area contributed by atoms with Crippen molar-refractivity contribution in [2.24, 2.45) is 5.92 Å². The van der Waals surface area contributed by atoms with Gasteiger partial charge >= 0.3 is 5.97 Å². The number of piperidine rings is 1. The van der Waals surface area contributed by atoms with Crippen molar-refractivity contribution >= 4 is 5.97 Å². The third kappa shape index (κ3) is 3.83. The molecule has 0 bridgehead atoms. The highest BCUT2D eigenvalue weighted by atomic mass is 16.5. The Hall–Kier alpha value is -1.35. The third-order valence-electron chi connectivity index (χ3n) is 4.25. The summed E-state index contributed by atoms with van der Waals surface area (Å²) < 4.78 is 5.12. The summed E-state index contributed by atoms with van der Waals surface area (Å²) in [5.74, 6) is 0.121. The lowest BCUT2D eigenvalue weighted by Crippen LogP contribution is -3.11. The number of aryl methyl sites for hydroxylation is 2. The summed E-state index contributed by atoms with van der Waals surface area (Å²) in [5.41, 5.74) is 4.13. The van der Waals surface area contributed by atoms with Gasteiger partial charge in [-0.1, -0.05) is 23.8 Å². The van der Waals surface area contributed by atoms with Crippen molar-refractivity contribution in [2.45, 2.75) is 40.2 Å². The lowest BCUT2D eigenvalue weighted by Gasteiger charge is -2.28. The second-order valence-electron chi connectivity index (χ2n) is 5.88. The highest BCUT2D eigenvalue weighted by Crippen LogP contribution is 2.13. The molecule has 1 aromatic carbocycles. The van der Waals surface area contributed by atoms with E-state index < -0.39 is 0 Å². The van der Waals surface area contributed by atoms with E-state index in [9.17, 15) is 4.79 Å². The molecule has 1 N–H and O–H groups in total. The Morgan fingerprint density at radius 1 is 1.30 bits per heavy atom. The van der Waals surface area contributed by atoms with Gasteiger partial charge in [-0.15, -0.1) is 0 Å². The molecule has 110 valence electrons. The molecule has 0 saturated carbocycles. The molecule has 0 aromatic heterocycles. The summed E-state index contributed by atoms with van der Waals surface area (Å²) in [6.45, 7) is 9.89. The van der Waals surface area contributed by atoms with E-state index >= 15 is 0 Å². The predicted molar refractivity (Wildman–Crippen MR) is 79.7 cm³/mol. The van der Waals surface area contributed by atoms with Crippen molar-refractivity contribution in [2.75, 3.05) is 19.7 Å². The first-order valence-corrected chi connectivity index (χ1v) is 7.66. The first-order chi connectivity index (χ1) is 9.60. The van der Waals surface area contributed by atoms with Crippen LogP contribution in [-0.4, -0.2) is 25.7 Å². The van der Waals surface area contributed by atoms with Gasteiger partial charge in [-0.3, -0.25) is 4.79 Å². The van der Waals surface area contributed by atoms with Gasteiger partial charge in [-0.05, 0) is 26.3 Å². The SMILES string of the molecule is CCOC(=O)C1CC[NH+](Cc2ccc(C)cc2C)CC1. The average molecular weight is 276 g/mol. The molecular formula is C17H26NO2+. The van der Waals surface area contributed by atoms with Crippen LogP contribution in [0.5, 0.6) is 0 Å². The number of likely N-dealkylation sites (tertiary alicyclic amines) is 1. The van der Waals surface area contributed by atoms with Gasteiger partial charge in [0.2, 0.25) is 0 Å². The van der Waals surface area contributed by atoms with Gasteiger partial charge in [0.05, 0.1) is 25.6 Å². The molecule has 0 atom stereocenters. The van der Waals surface area contributed by atoms with Crippen LogP contribution in [0.4, 0.5) is 0 Å². The number of esters is 1. The van der Waals surface area contributed by atoms with E-state index in [0.717, 1.165) is 32.5 Å². The van der Waals surface area contributed by atoms with Crippen LogP contribution in [0.15, 0.2) is 18.2 Å². The molecule has 1 saturated heterocycles. The Labute approximate surface area is 121 Å². The fourth-order valence-electron chi connectivity index (χ4n) is 3.01. The lowest BCUT2D eigenvalue weighted by atomic mass is 9.96. The largest absolute Gasteiger partial charge is 0.466 e. The first-order valence-electron chi connectivity index (χ1n) is 7.66. The molecule has 0 amide bonds. The summed E-state index contributed by atoms with van der Waals surface area (Å²) in [5, 5.41) is 0. The molecule has 3 nitrogen and oxygen atoms in total. The molecule has 20 heavy (non-hydrogen) atoms. The van der Waals surface area contributed by atoms with Crippen molar-refractivity contribution in [3.8, 4) is 0 Å². The maximum Gasteiger partial charge on any atom is 0.309 e. The van der Waals surface area contributed by atoms with E-state index in [-0.39, 0.29) is 11.9 Å². The van der Waals surface area contributed by atoms with Crippen molar-refractivity contribution in [1.29, 1.82) is 0 Å². The highest BCUT2D eigenvalue weighted by Gasteiger charge is 2.28. The zero-order valence-corrected chi connectivity index (χ0v) is 12.9. The molecule has 2 rings (SSSR count). The summed E-state index contributed by atoms with van der Waals surface area (Å²) in [4.78, 5) is 13.3. The lowest BCUT2D eigenvalue weighted by molar-refractivity contribution is -0.919. The zero-order chi connectivity index (χ0) is 14.5. The quantitative estimate of drug-likeness (QED) is 0.848. The fourth-order valence-corrected chi connectivity index (χ4v) is 3.01. The number of carbonyl (C=O) groups excluding carboxylic acids is 1. The highest BCUT2D eigenvalue weighted by molar-refractivity contribution is 5.72. The normalized spacial score (nSPS) is 22.6. The molecule has 0 radical (unpaired) electrons. The number of hydrogen-bond acceptors (Lipinski definition) is 2. The number of nitrogens with one attached hydrogen (secondary N) is 1. The Morgan fingerprint density at radius 3 is 2.60 bits per heavy atom. The minimum atomic E-state index is -0.00179. The van der Waals surface area contributed by atoms with E-state index in [2.05, 4.69) is 32.0 Å². The second kappa shape index (κ2) is 6.89. The molecule has 0 spiro atoms. The topological polar surface area (TPSA) is 30.7 Å². The molecule has 1 heterocycles. The van der Waals surface area contributed by atoms with Crippen LogP contribution in [0.25, 0.3) is 0 Å². The number of quaternary nitrogens is 1. The maximum absolute atomic E-state index is 11.7. The molecule has 0 unspecified atom stereocenters. The number of benzene rings is 1. The Balaban J connectivity index is 1.86. The van der Waals surface area contributed by atoms with Crippen molar-refractivity contribution < 1.29 is 14.4 Å². The molecular weight excluding hydrogens is 250 g/mol. The van der Waals surface area contributed by atoms with E-state index in [1.54, 1.807) is 4.90 Å². The summed E-state index contributed by atoms with van der Waals surface area (Å²) in [7, 11) is 0. The van der Waals surface area contributed by atoms with Gasteiger partial charge < -0.3 is 9.64 Å². The standard InChI is InChI=1S/C17H25NO2/c1-4-20-17(19)15-7-9-18(10-8-15)12-16-6-5-13(2)11-14(16)3/h5-6,11,15H,4,7-10,12H2,1-3H3/p+1. The van der Waals surface area contributed by atoms with Crippen molar-refractivity contribution in [3.63, 3.8) is 0 Å². The van der Waals surface area contributed by atoms with Crippen molar-refractivity contribution in [3.05, 3.63) is 34.9 Å². The smallest absolute Gasteiger partial charge is 0.309 e. The van der Waals surface area contributed by atoms with Gasteiger partial charge in [0, 0.05) is 18.4 Å². The Morgan fingerprint density at radius 2 is 2.00 bits per heavy atom. The van der Waals surface area contributed by atoms with Crippen LogP contribution >= 0.6 is 0 Å². The average Bonchev–Trinajstić information content (AvgIpc) is 2.43.